The van der Waals surface area contributed by atoms with Crippen LogP contribution in [0.2, 0.25) is 0 Å². The lowest BCUT2D eigenvalue weighted by atomic mass is 9.94. The van der Waals surface area contributed by atoms with Gasteiger partial charge in [-0.2, -0.15) is 11.8 Å². The van der Waals surface area contributed by atoms with Crippen molar-refractivity contribution < 1.29 is 14.7 Å². The van der Waals surface area contributed by atoms with E-state index in [-0.39, 0.29) is 35.8 Å². The van der Waals surface area contributed by atoms with E-state index in [9.17, 15) is 14.7 Å². The molecule has 1 rings (SSSR count). The van der Waals surface area contributed by atoms with Gasteiger partial charge < -0.3 is 15.3 Å². The molecule has 0 aliphatic carbocycles. The lowest BCUT2D eigenvalue weighted by Crippen LogP contribution is -2.52. The molecule has 0 aromatic carbocycles. The molecule has 6 heteroatoms. The Balaban J connectivity index is 2.71. The summed E-state index contributed by atoms with van der Waals surface area (Å²) in [5, 5.41) is 12.2. The number of rotatable bonds is 5. The van der Waals surface area contributed by atoms with Crippen molar-refractivity contribution in [1.29, 1.82) is 0 Å². The molecule has 3 atom stereocenters. The minimum Gasteiger partial charge on any atom is -0.395 e. The van der Waals surface area contributed by atoms with E-state index in [4.69, 9.17) is 0 Å². The zero-order chi connectivity index (χ0) is 16.2. The SMILES string of the molecule is CSC(CO)C(C)NC(=O)C1CCCN1C(=O)C(C)(C)C. The van der Waals surface area contributed by atoms with Crippen LogP contribution in [-0.2, 0) is 9.59 Å². The van der Waals surface area contributed by atoms with E-state index in [1.54, 1.807) is 4.90 Å². The van der Waals surface area contributed by atoms with Crippen LogP contribution in [0, 0.1) is 5.41 Å². The summed E-state index contributed by atoms with van der Waals surface area (Å²) in [6, 6.07) is -0.495. The summed E-state index contributed by atoms with van der Waals surface area (Å²) >= 11 is 1.53. The quantitative estimate of drug-likeness (QED) is 0.801. The molecule has 0 bridgehead atoms. The lowest BCUT2D eigenvalue weighted by Gasteiger charge is -2.31. The van der Waals surface area contributed by atoms with E-state index in [0.717, 1.165) is 6.42 Å². The number of nitrogens with zero attached hydrogens (tertiary/aromatic N) is 1. The molecule has 5 nitrogen and oxygen atoms in total. The van der Waals surface area contributed by atoms with Crippen LogP contribution in [0.5, 0.6) is 0 Å². The zero-order valence-electron chi connectivity index (χ0n) is 13.7. The van der Waals surface area contributed by atoms with Crippen LogP contribution in [0.1, 0.15) is 40.5 Å². The minimum absolute atomic E-state index is 0.0244. The Morgan fingerprint density at radius 3 is 2.52 bits per heavy atom. The highest BCUT2D eigenvalue weighted by molar-refractivity contribution is 7.99. The van der Waals surface area contributed by atoms with Crippen LogP contribution in [0.4, 0.5) is 0 Å². The second-order valence-corrected chi connectivity index (χ2v) is 7.74. The molecule has 0 aromatic rings. The Hall–Kier alpha value is -0.750. The van der Waals surface area contributed by atoms with E-state index in [0.29, 0.717) is 13.0 Å². The van der Waals surface area contributed by atoms with Gasteiger partial charge in [0.25, 0.3) is 0 Å². The van der Waals surface area contributed by atoms with Crippen LogP contribution in [0.15, 0.2) is 0 Å². The third-order valence-corrected chi connectivity index (χ3v) is 5.03. The first-order chi connectivity index (χ1) is 9.72. The van der Waals surface area contributed by atoms with Crippen molar-refractivity contribution >= 4 is 23.6 Å². The van der Waals surface area contributed by atoms with Gasteiger partial charge in [0, 0.05) is 23.3 Å². The highest BCUT2D eigenvalue weighted by Gasteiger charge is 2.39. The molecule has 2 amide bonds. The van der Waals surface area contributed by atoms with Crippen LogP contribution in [-0.4, -0.2) is 58.6 Å². The van der Waals surface area contributed by atoms with Gasteiger partial charge in [-0.1, -0.05) is 20.8 Å². The fraction of sp³-hybridized carbons (Fsp3) is 0.867. The van der Waals surface area contributed by atoms with Crippen LogP contribution in [0.25, 0.3) is 0 Å². The van der Waals surface area contributed by atoms with Crippen LogP contribution < -0.4 is 5.32 Å². The Morgan fingerprint density at radius 2 is 2.05 bits per heavy atom. The molecular weight excluding hydrogens is 288 g/mol. The summed E-state index contributed by atoms with van der Waals surface area (Å²) in [5.41, 5.74) is -0.471. The fourth-order valence-electron chi connectivity index (χ4n) is 2.56. The maximum atomic E-state index is 12.4. The average molecular weight is 316 g/mol. The van der Waals surface area contributed by atoms with Crippen molar-refractivity contribution in [3.05, 3.63) is 0 Å². The summed E-state index contributed by atoms with van der Waals surface area (Å²) in [5.74, 6) is -0.0820. The van der Waals surface area contributed by atoms with Gasteiger partial charge in [-0.25, -0.2) is 0 Å². The van der Waals surface area contributed by atoms with Gasteiger partial charge in [-0.3, -0.25) is 9.59 Å². The smallest absolute Gasteiger partial charge is 0.243 e. The number of nitrogens with one attached hydrogen (secondary N) is 1. The molecule has 0 aromatic heterocycles. The molecule has 0 radical (unpaired) electrons. The van der Waals surface area contributed by atoms with Crippen molar-refractivity contribution in [2.45, 2.75) is 57.9 Å². The predicted molar refractivity (Wildman–Crippen MR) is 86.2 cm³/mol. The van der Waals surface area contributed by atoms with Gasteiger partial charge in [-0.05, 0) is 26.0 Å². The van der Waals surface area contributed by atoms with E-state index < -0.39 is 5.41 Å². The number of amides is 2. The normalized spacial score (nSPS) is 22.0. The zero-order valence-corrected chi connectivity index (χ0v) is 14.5. The highest BCUT2D eigenvalue weighted by Crippen LogP contribution is 2.25. The molecule has 2 N–H and O–H groups in total. The number of thioether (sulfide) groups is 1. The molecular formula is C15H28N2O3S. The summed E-state index contributed by atoms with van der Waals surface area (Å²) in [6.07, 6.45) is 3.48. The number of hydrogen-bond acceptors (Lipinski definition) is 4. The summed E-state index contributed by atoms with van der Waals surface area (Å²) < 4.78 is 0. The third-order valence-electron chi connectivity index (χ3n) is 3.87. The number of aliphatic hydroxyl groups is 1. The number of hydrogen-bond donors (Lipinski definition) is 2. The van der Waals surface area contributed by atoms with E-state index in [1.165, 1.54) is 11.8 Å². The number of carbonyl (C=O) groups excluding carboxylic acids is 2. The molecule has 0 spiro atoms. The Labute approximate surface area is 131 Å². The first-order valence-corrected chi connectivity index (χ1v) is 8.76. The van der Waals surface area contributed by atoms with Crippen LogP contribution >= 0.6 is 11.8 Å². The van der Waals surface area contributed by atoms with Crippen molar-refractivity contribution in [2.75, 3.05) is 19.4 Å². The summed E-state index contributed by atoms with van der Waals surface area (Å²) in [4.78, 5) is 26.6. The molecule has 0 saturated carbocycles. The molecule has 122 valence electrons. The van der Waals surface area contributed by atoms with E-state index in [1.807, 2.05) is 34.0 Å². The van der Waals surface area contributed by atoms with Gasteiger partial charge in [-0.15, -0.1) is 0 Å². The van der Waals surface area contributed by atoms with Gasteiger partial charge >= 0.3 is 0 Å². The van der Waals surface area contributed by atoms with Crippen molar-refractivity contribution in [3.63, 3.8) is 0 Å². The maximum absolute atomic E-state index is 12.4. The molecule has 1 saturated heterocycles. The van der Waals surface area contributed by atoms with Crippen molar-refractivity contribution in [3.8, 4) is 0 Å². The summed E-state index contributed by atoms with van der Waals surface area (Å²) in [6.45, 7) is 8.19. The standard InChI is InChI=1S/C15H28N2O3S/c1-10(12(9-18)21-5)16-13(19)11-7-6-8-17(11)14(20)15(2,3)4/h10-12,18H,6-9H2,1-5H3,(H,16,19). The van der Waals surface area contributed by atoms with Gasteiger partial charge in [0.05, 0.1) is 6.61 Å². The largest absolute Gasteiger partial charge is 0.395 e. The second-order valence-electron chi connectivity index (χ2n) is 6.66. The van der Waals surface area contributed by atoms with Crippen molar-refractivity contribution in [2.24, 2.45) is 5.41 Å². The second kappa shape index (κ2) is 7.49. The molecule has 1 heterocycles. The number of aliphatic hydroxyl groups excluding tert-OH is 1. The number of carbonyl (C=O) groups is 2. The lowest BCUT2D eigenvalue weighted by molar-refractivity contribution is -0.144. The molecule has 1 aliphatic heterocycles. The van der Waals surface area contributed by atoms with Gasteiger partial charge in [0.15, 0.2) is 0 Å². The topological polar surface area (TPSA) is 69.6 Å². The highest BCUT2D eigenvalue weighted by atomic mass is 32.2. The first-order valence-electron chi connectivity index (χ1n) is 7.47. The Bertz CT molecular complexity index is 378. The Morgan fingerprint density at radius 1 is 1.43 bits per heavy atom. The molecule has 21 heavy (non-hydrogen) atoms. The molecule has 1 aliphatic rings. The number of likely N-dealkylation sites (tertiary alicyclic amines) is 1. The predicted octanol–water partition coefficient (Wildman–Crippen LogP) is 1.25. The van der Waals surface area contributed by atoms with Gasteiger partial charge in [0.1, 0.15) is 6.04 Å². The monoisotopic (exact) mass is 316 g/mol. The maximum Gasteiger partial charge on any atom is 0.243 e. The third kappa shape index (κ3) is 4.61. The van der Waals surface area contributed by atoms with Gasteiger partial charge in [0.2, 0.25) is 11.8 Å². The molecule has 1 fully saturated rings. The van der Waals surface area contributed by atoms with E-state index >= 15 is 0 Å². The summed E-state index contributed by atoms with van der Waals surface area (Å²) in [7, 11) is 0. The fourth-order valence-corrected chi connectivity index (χ4v) is 3.19. The van der Waals surface area contributed by atoms with E-state index in [2.05, 4.69) is 5.32 Å². The first kappa shape index (κ1) is 18.3. The minimum atomic E-state index is -0.471. The molecule has 3 unspecified atom stereocenters. The van der Waals surface area contributed by atoms with Crippen LogP contribution in [0.3, 0.4) is 0 Å². The average Bonchev–Trinajstić information content (AvgIpc) is 2.87. The Kier molecular flexibility index (Phi) is 6.53. The van der Waals surface area contributed by atoms with Crippen molar-refractivity contribution in [1.82, 2.24) is 10.2 Å².